The van der Waals surface area contributed by atoms with Gasteiger partial charge < -0.3 is 9.73 Å². The Kier molecular flexibility index (Phi) is 4.29. The summed E-state index contributed by atoms with van der Waals surface area (Å²) in [5, 5.41) is 14.6. The molecule has 1 N–H and O–H groups in total. The summed E-state index contributed by atoms with van der Waals surface area (Å²) in [5.74, 6) is 0.151. The van der Waals surface area contributed by atoms with E-state index in [9.17, 15) is 10.1 Å². The number of nitrogens with one attached hydrogen (secondary N) is 1. The maximum Gasteiger partial charge on any atom is 0.283 e. The Morgan fingerprint density at radius 2 is 2.14 bits per heavy atom. The van der Waals surface area contributed by atoms with Crippen LogP contribution in [-0.4, -0.2) is 15.4 Å². The molecule has 7 heteroatoms. The van der Waals surface area contributed by atoms with Crippen LogP contribution in [0, 0.1) is 10.1 Å². The van der Waals surface area contributed by atoms with Crippen molar-refractivity contribution in [2.75, 3.05) is 0 Å². The van der Waals surface area contributed by atoms with Crippen LogP contribution in [0.25, 0.3) is 11.5 Å². The van der Waals surface area contributed by atoms with E-state index in [4.69, 9.17) is 16.0 Å². The zero-order valence-corrected chi connectivity index (χ0v) is 12.8. The fourth-order valence-electron chi connectivity index (χ4n) is 1.74. The van der Waals surface area contributed by atoms with E-state index in [1.807, 2.05) is 20.8 Å². The van der Waals surface area contributed by atoms with Crippen LogP contribution >= 0.6 is 11.6 Å². The molecular formula is C14H16ClN3O3. The van der Waals surface area contributed by atoms with Crippen LogP contribution < -0.4 is 5.32 Å². The van der Waals surface area contributed by atoms with Crippen LogP contribution in [0.4, 0.5) is 5.69 Å². The second-order valence-electron chi connectivity index (χ2n) is 5.64. The Labute approximate surface area is 127 Å². The van der Waals surface area contributed by atoms with Crippen molar-refractivity contribution in [3.05, 3.63) is 45.3 Å². The molecule has 2 aromatic rings. The minimum atomic E-state index is -0.501. The van der Waals surface area contributed by atoms with E-state index in [2.05, 4.69) is 10.3 Å². The normalized spacial score (nSPS) is 11.6. The number of benzene rings is 1. The van der Waals surface area contributed by atoms with Gasteiger partial charge in [-0.2, -0.15) is 0 Å². The molecule has 6 nitrogen and oxygen atoms in total. The molecule has 1 aromatic heterocycles. The molecule has 0 amide bonds. The van der Waals surface area contributed by atoms with Crippen molar-refractivity contribution in [1.29, 1.82) is 0 Å². The first-order valence-corrected chi connectivity index (χ1v) is 6.78. The molecule has 0 fully saturated rings. The lowest BCUT2D eigenvalue weighted by atomic mass is 10.1. The maximum atomic E-state index is 11.1. The Bertz CT molecular complexity index is 662. The van der Waals surface area contributed by atoms with Crippen molar-refractivity contribution in [3.8, 4) is 11.5 Å². The Morgan fingerprint density at radius 1 is 1.43 bits per heavy atom. The van der Waals surface area contributed by atoms with Crippen molar-refractivity contribution >= 4 is 17.3 Å². The third-order valence-electron chi connectivity index (χ3n) is 2.75. The maximum absolute atomic E-state index is 11.1. The number of halogens is 1. The minimum absolute atomic E-state index is 0.0600. The predicted molar refractivity (Wildman–Crippen MR) is 80.2 cm³/mol. The summed E-state index contributed by atoms with van der Waals surface area (Å²) in [7, 11) is 0. The summed E-state index contributed by atoms with van der Waals surface area (Å²) in [6.45, 7) is 6.61. The molecule has 0 saturated heterocycles. The van der Waals surface area contributed by atoms with E-state index >= 15 is 0 Å². The van der Waals surface area contributed by atoms with Gasteiger partial charge in [0, 0.05) is 18.2 Å². The molecule has 1 heterocycles. The Morgan fingerprint density at radius 3 is 2.76 bits per heavy atom. The quantitative estimate of drug-likeness (QED) is 0.686. The molecule has 1 aromatic carbocycles. The summed E-state index contributed by atoms with van der Waals surface area (Å²) < 4.78 is 5.35. The number of rotatable bonds is 4. The van der Waals surface area contributed by atoms with E-state index in [1.54, 1.807) is 6.07 Å². The standard InChI is InChI=1S/C14H16ClN3O3/c1-14(2,3)16-7-9-8-21-13(17-9)12-10(15)5-4-6-11(12)18(19)20/h4-6,8,16H,7H2,1-3H3. The van der Waals surface area contributed by atoms with Crippen LogP contribution in [0.5, 0.6) is 0 Å². The average Bonchev–Trinajstić information content (AvgIpc) is 2.83. The first-order valence-electron chi connectivity index (χ1n) is 6.40. The highest BCUT2D eigenvalue weighted by molar-refractivity contribution is 6.33. The third kappa shape index (κ3) is 3.80. The van der Waals surface area contributed by atoms with Gasteiger partial charge in [0.1, 0.15) is 11.8 Å². The first kappa shape index (κ1) is 15.5. The largest absolute Gasteiger partial charge is 0.444 e. The molecule has 0 atom stereocenters. The number of hydrogen-bond donors (Lipinski definition) is 1. The monoisotopic (exact) mass is 309 g/mol. The van der Waals surface area contributed by atoms with Gasteiger partial charge in [-0.05, 0) is 26.8 Å². The van der Waals surface area contributed by atoms with Crippen molar-refractivity contribution < 1.29 is 9.34 Å². The van der Waals surface area contributed by atoms with Gasteiger partial charge in [0.05, 0.1) is 15.6 Å². The molecule has 112 valence electrons. The van der Waals surface area contributed by atoms with Gasteiger partial charge in [0.2, 0.25) is 5.89 Å². The Balaban J connectivity index is 2.32. The zero-order chi connectivity index (χ0) is 15.6. The first-order chi connectivity index (χ1) is 9.78. The number of nitro groups is 1. The molecule has 0 saturated carbocycles. The molecule has 0 radical (unpaired) electrons. The summed E-state index contributed by atoms with van der Waals surface area (Å²) in [6.07, 6.45) is 1.47. The number of nitrogens with zero attached hydrogens (tertiary/aromatic N) is 2. The summed E-state index contributed by atoms with van der Waals surface area (Å²) in [5.41, 5.74) is 0.676. The molecule has 0 unspecified atom stereocenters. The zero-order valence-electron chi connectivity index (χ0n) is 12.0. The van der Waals surface area contributed by atoms with Crippen molar-refractivity contribution in [3.63, 3.8) is 0 Å². The number of nitro benzene ring substituents is 1. The lowest BCUT2D eigenvalue weighted by Gasteiger charge is -2.19. The highest BCUT2D eigenvalue weighted by atomic mass is 35.5. The smallest absolute Gasteiger partial charge is 0.283 e. The van der Waals surface area contributed by atoms with Crippen molar-refractivity contribution in [1.82, 2.24) is 10.3 Å². The fraction of sp³-hybridized carbons (Fsp3) is 0.357. The predicted octanol–water partition coefficient (Wildman–Crippen LogP) is 3.79. The van der Waals surface area contributed by atoms with Crippen LogP contribution in [0.2, 0.25) is 5.02 Å². The van der Waals surface area contributed by atoms with Crippen LogP contribution in [0.3, 0.4) is 0 Å². The van der Waals surface area contributed by atoms with Crippen molar-refractivity contribution in [2.45, 2.75) is 32.9 Å². The van der Waals surface area contributed by atoms with Crippen molar-refractivity contribution in [2.24, 2.45) is 0 Å². The second kappa shape index (κ2) is 5.83. The molecule has 0 aliphatic carbocycles. The molecule has 0 bridgehead atoms. The lowest BCUT2D eigenvalue weighted by molar-refractivity contribution is -0.384. The van der Waals surface area contributed by atoms with Gasteiger partial charge in [-0.3, -0.25) is 10.1 Å². The Hall–Kier alpha value is -1.92. The van der Waals surface area contributed by atoms with Crippen LogP contribution in [0.15, 0.2) is 28.9 Å². The highest BCUT2D eigenvalue weighted by Gasteiger charge is 2.22. The van der Waals surface area contributed by atoms with E-state index in [1.165, 1.54) is 18.4 Å². The molecule has 21 heavy (non-hydrogen) atoms. The van der Waals surface area contributed by atoms with E-state index in [-0.39, 0.29) is 27.7 Å². The molecular weight excluding hydrogens is 294 g/mol. The van der Waals surface area contributed by atoms with E-state index in [0.717, 1.165) is 0 Å². The average molecular weight is 310 g/mol. The third-order valence-corrected chi connectivity index (χ3v) is 3.07. The second-order valence-corrected chi connectivity index (χ2v) is 6.05. The van der Waals surface area contributed by atoms with Gasteiger partial charge >= 0.3 is 0 Å². The van der Waals surface area contributed by atoms with Gasteiger partial charge in [-0.15, -0.1) is 0 Å². The SMILES string of the molecule is CC(C)(C)NCc1coc(-c2c(Cl)cccc2[N+](=O)[O-])n1. The van der Waals surface area contributed by atoms with Gasteiger partial charge in [0.15, 0.2) is 0 Å². The summed E-state index contributed by atoms with van der Waals surface area (Å²) >= 11 is 6.05. The summed E-state index contributed by atoms with van der Waals surface area (Å²) in [6, 6.07) is 4.47. The highest BCUT2D eigenvalue weighted by Crippen LogP contribution is 2.35. The lowest BCUT2D eigenvalue weighted by Crippen LogP contribution is -2.35. The van der Waals surface area contributed by atoms with E-state index < -0.39 is 4.92 Å². The van der Waals surface area contributed by atoms with Gasteiger partial charge in [-0.25, -0.2) is 4.98 Å². The van der Waals surface area contributed by atoms with Crippen LogP contribution in [-0.2, 0) is 6.54 Å². The molecule has 0 aliphatic heterocycles. The van der Waals surface area contributed by atoms with Gasteiger partial charge in [-0.1, -0.05) is 17.7 Å². The molecule has 0 aliphatic rings. The summed E-state index contributed by atoms with van der Waals surface area (Å²) in [4.78, 5) is 14.8. The minimum Gasteiger partial charge on any atom is -0.444 e. The number of oxazole rings is 1. The van der Waals surface area contributed by atoms with Crippen LogP contribution in [0.1, 0.15) is 26.5 Å². The molecule has 2 rings (SSSR count). The van der Waals surface area contributed by atoms with Gasteiger partial charge in [0.25, 0.3) is 5.69 Å². The van der Waals surface area contributed by atoms with E-state index in [0.29, 0.717) is 12.2 Å². The number of aromatic nitrogens is 1. The fourth-order valence-corrected chi connectivity index (χ4v) is 1.99. The number of hydrogen-bond acceptors (Lipinski definition) is 5. The molecule has 0 spiro atoms. The topological polar surface area (TPSA) is 81.2 Å².